The molecule has 1 aliphatic rings. The summed E-state index contributed by atoms with van der Waals surface area (Å²) in [4.78, 5) is 15.5. The third kappa shape index (κ3) is 4.06. The Morgan fingerprint density at radius 1 is 1.10 bits per heavy atom. The van der Waals surface area contributed by atoms with Crippen LogP contribution in [0.5, 0.6) is 5.75 Å². The summed E-state index contributed by atoms with van der Waals surface area (Å²) in [7, 11) is 3.30. The van der Waals surface area contributed by atoms with Gasteiger partial charge in [0.2, 0.25) is 0 Å². The van der Waals surface area contributed by atoms with E-state index in [1.807, 2.05) is 42.5 Å². The first-order chi connectivity index (χ1) is 14.7. The van der Waals surface area contributed by atoms with E-state index in [9.17, 15) is 4.79 Å². The van der Waals surface area contributed by atoms with Gasteiger partial charge in [-0.3, -0.25) is 9.69 Å². The number of nitrogens with one attached hydrogen (secondary N) is 1. The highest BCUT2D eigenvalue weighted by Gasteiger charge is 2.27. The van der Waals surface area contributed by atoms with Crippen LogP contribution in [0, 0.1) is 0 Å². The van der Waals surface area contributed by atoms with Crippen LogP contribution < -0.4 is 10.1 Å². The van der Waals surface area contributed by atoms with Gasteiger partial charge in [0.1, 0.15) is 11.3 Å². The normalized spacial score (nSPS) is 15.4. The van der Waals surface area contributed by atoms with Crippen LogP contribution in [0.1, 0.15) is 40.6 Å². The maximum atomic E-state index is 13.1. The second-order valence-corrected chi connectivity index (χ2v) is 7.55. The molecule has 1 fully saturated rings. The molecule has 158 valence electrons. The van der Waals surface area contributed by atoms with Gasteiger partial charge in [0.25, 0.3) is 5.91 Å². The van der Waals surface area contributed by atoms with E-state index in [0.717, 1.165) is 35.4 Å². The Morgan fingerprint density at radius 3 is 2.60 bits per heavy atom. The highest BCUT2D eigenvalue weighted by molar-refractivity contribution is 5.99. The molecule has 6 nitrogen and oxygen atoms in total. The van der Waals surface area contributed by atoms with Gasteiger partial charge in [-0.25, -0.2) is 0 Å². The first-order valence-corrected chi connectivity index (χ1v) is 10.4. The van der Waals surface area contributed by atoms with Crippen molar-refractivity contribution in [1.29, 1.82) is 0 Å². The topological polar surface area (TPSA) is 63.9 Å². The monoisotopic (exact) mass is 408 g/mol. The maximum absolute atomic E-state index is 13.1. The van der Waals surface area contributed by atoms with E-state index in [-0.39, 0.29) is 11.9 Å². The first-order valence-electron chi connectivity index (χ1n) is 10.4. The van der Waals surface area contributed by atoms with E-state index < -0.39 is 0 Å². The number of carbonyl (C=O) groups is 1. The molecule has 1 amide bonds. The van der Waals surface area contributed by atoms with Crippen molar-refractivity contribution >= 4 is 16.9 Å². The molecule has 1 atom stereocenters. The fourth-order valence-corrected chi connectivity index (χ4v) is 4.27. The average Bonchev–Trinajstić information content (AvgIpc) is 3.43. The molecule has 0 saturated carbocycles. The van der Waals surface area contributed by atoms with Crippen molar-refractivity contribution < 1.29 is 18.7 Å². The molecule has 1 N–H and O–H groups in total. The van der Waals surface area contributed by atoms with Crippen LogP contribution in [-0.4, -0.2) is 44.7 Å². The van der Waals surface area contributed by atoms with Gasteiger partial charge < -0.3 is 19.2 Å². The Balaban J connectivity index is 1.59. The van der Waals surface area contributed by atoms with Gasteiger partial charge in [0.05, 0.1) is 19.8 Å². The number of amides is 1. The minimum atomic E-state index is -0.225. The fourth-order valence-electron chi connectivity index (χ4n) is 4.27. The fraction of sp³-hybridized carbons (Fsp3) is 0.375. The number of ether oxygens (including phenoxy) is 2. The summed E-state index contributed by atoms with van der Waals surface area (Å²) in [5, 5.41) is 4.01. The smallest absolute Gasteiger partial charge is 0.287 e. The molecule has 0 aliphatic carbocycles. The number of hydrogen-bond donors (Lipinski definition) is 1. The number of carbonyl (C=O) groups excluding carboxylic acids is 1. The molecule has 0 bridgehead atoms. The third-order valence-corrected chi connectivity index (χ3v) is 5.73. The number of furan rings is 1. The molecule has 1 unspecified atom stereocenters. The van der Waals surface area contributed by atoms with Crippen molar-refractivity contribution in [3.63, 3.8) is 0 Å². The number of benzene rings is 2. The van der Waals surface area contributed by atoms with E-state index in [1.165, 1.54) is 12.8 Å². The number of methoxy groups -OCH3 is 2. The van der Waals surface area contributed by atoms with Crippen LogP contribution in [0.3, 0.4) is 0 Å². The Bertz CT molecular complexity index is 1010. The Hall–Kier alpha value is -2.83. The number of fused-ring (bicyclic) bond motifs is 1. The number of para-hydroxylation sites is 2. The Morgan fingerprint density at radius 2 is 1.83 bits per heavy atom. The highest BCUT2D eigenvalue weighted by Crippen LogP contribution is 2.32. The summed E-state index contributed by atoms with van der Waals surface area (Å²) in [5.74, 6) is 0.933. The maximum Gasteiger partial charge on any atom is 0.287 e. The first kappa shape index (κ1) is 20.4. The van der Waals surface area contributed by atoms with E-state index in [4.69, 9.17) is 13.9 Å². The Labute approximate surface area is 176 Å². The number of hydrogen-bond acceptors (Lipinski definition) is 5. The lowest BCUT2D eigenvalue weighted by Crippen LogP contribution is -2.37. The Kier molecular flexibility index (Phi) is 6.35. The molecule has 30 heavy (non-hydrogen) atoms. The van der Waals surface area contributed by atoms with Crippen molar-refractivity contribution in [3.8, 4) is 5.75 Å². The van der Waals surface area contributed by atoms with E-state index in [2.05, 4.69) is 16.3 Å². The minimum absolute atomic E-state index is 0.0443. The summed E-state index contributed by atoms with van der Waals surface area (Å²) in [5.41, 5.74) is 2.56. The van der Waals surface area contributed by atoms with Crippen molar-refractivity contribution in [1.82, 2.24) is 10.2 Å². The van der Waals surface area contributed by atoms with Gasteiger partial charge in [0.15, 0.2) is 5.76 Å². The molecule has 4 rings (SSSR count). The number of rotatable bonds is 8. The highest BCUT2D eigenvalue weighted by atomic mass is 16.5. The molecule has 2 aromatic carbocycles. The van der Waals surface area contributed by atoms with Crippen molar-refractivity contribution in [2.45, 2.75) is 25.5 Å². The molecule has 0 spiro atoms. The van der Waals surface area contributed by atoms with Crippen LogP contribution in [0.4, 0.5) is 0 Å². The lowest BCUT2D eigenvalue weighted by Gasteiger charge is -2.29. The van der Waals surface area contributed by atoms with Crippen molar-refractivity contribution in [2.24, 2.45) is 0 Å². The van der Waals surface area contributed by atoms with Crippen LogP contribution in [-0.2, 0) is 11.3 Å². The zero-order valence-corrected chi connectivity index (χ0v) is 17.5. The largest absolute Gasteiger partial charge is 0.496 e. The quantitative estimate of drug-likeness (QED) is 0.607. The zero-order chi connectivity index (χ0) is 20.9. The lowest BCUT2D eigenvalue weighted by atomic mass is 10.0. The minimum Gasteiger partial charge on any atom is -0.496 e. The van der Waals surface area contributed by atoms with Gasteiger partial charge >= 0.3 is 0 Å². The molecule has 2 heterocycles. The second-order valence-electron chi connectivity index (χ2n) is 7.55. The number of nitrogens with zero attached hydrogens (tertiary/aromatic N) is 1. The summed E-state index contributed by atoms with van der Waals surface area (Å²) < 4.78 is 16.8. The van der Waals surface area contributed by atoms with Gasteiger partial charge in [-0.1, -0.05) is 36.4 Å². The summed E-state index contributed by atoms with van der Waals surface area (Å²) >= 11 is 0. The summed E-state index contributed by atoms with van der Waals surface area (Å²) in [6.07, 6.45) is 2.34. The van der Waals surface area contributed by atoms with Crippen LogP contribution >= 0.6 is 0 Å². The third-order valence-electron chi connectivity index (χ3n) is 5.73. The molecular formula is C24H28N2O4. The van der Waals surface area contributed by atoms with Gasteiger partial charge in [-0.15, -0.1) is 0 Å². The SMILES string of the molecule is COCc1c(C(=O)NCC(c2ccccc2OC)N2CCCC2)oc2ccccc12. The van der Waals surface area contributed by atoms with E-state index in [1.54, 1.807) is 14.2 Å². The van der Waals surface area contributed by atoms with Gasteiger partial charge in [-0.05, 0) is 38.1 Å². The summed E-state index contributed by atoms with van der Waals surface area (Å²) in [6.45, 7) is 2.82. The molecule has 1 aliphatic heterocycles. The molecule has 1 saturated heterocycles. The molecule has 6 heteroatoms. The van der Waals surface area contributed by atoms with Crippen LogP contribution in [0.2, 0.25) is 0 Å². The predicted octanol–water partition coefficient (Wildman–Crippen LogP) is 4.15. The van der Waals surface area contributed by atoms with Crippen LogP contribution in [0.15, 0.2) is 52.9 Å². The summed E-state index contributed by atoms with van der Waals surface area (Å²) in [6, 6.07) is 15.7. The lowest BCUT2D eigenvalue weighted by molar-refractivity contribution is 0.0905. The van der Waals surface area contributed by atoms with Crippen LogP contribution in [0.25, 0.3) is 11.0 Å². The molecule has 1 aromatic heterocycles. The van der Waals surface area contributed by atoms with Crippen molar-refractivity contribution in [3.05, 3.63) is 65.4 Å². The zero-order valence-electron chi connectivity index (χ0n) is 17.5. The molecular weight excluding hydrogens is 380 g/mol. The average molecular weight is 408 g/mol. The predicted molar refractivity (Wildman–Crippen MR) is 116 cm³/mol. The molecule has 3 aromatic rings. The van der Waals surface area contributed by atoms with Crippen molar-refractivity contribution in [2.75, 3.05) is 33.9 Å². The standard InChI is InChI=1S/C24H28N2O4/c1-28-16-19-17-9-3-6-12-22(17)30-23(19)24(27)25-15-20(26-13-7-8-14-26)18-10-4-5-11-21(18)29-2/h3-6,9-12,20H,7-8,13-16H2,1-2H3,(H,25,27). The van der Waals surface area contributed by atoms with E-state index >= 15 is 0 Å². The second kappa shape index (κ2) is 9.32. The number of likely N-dealkylation sites (tertiary alicyclic amines) is 1. The molecule has 0 radical (unpaired) electrons. The van der Waals surface area contributed by atoms with E-state index in [0.29, 0.717) is 24.5 Å². The van der Waals surface area contributed by atoms with Gasteiger partial charge in [-0.2, -0.15) is 0 Å². The van der Waals surface area contributed by atoms with Gasteiger partial charge in [0, 0.05) is 30.2 Å².